The molecule has 0 aromatic heterocycles. The Morgan fingerprint density at radius 1 is 1.33 bits per heavy atom. The number of halogens is 2. The first-order valence-corrected chi connectivity index (χ1v) is 4.15. The van der Waals surface area contributed by atoms with Gasteiger partial charge in [0, 0.05) is 18.7 Å². The number of carbonyl (C=O) groups excluding carboxylic acids is 2. The van der Waals surface area contributed by atoms with E-state index < -0.39 is 17.4 Å². The van der Waals surface area contributed by atoms with Crippen LogP contribution in [0.5, 0.6) is 0 Å². The first kappa shape index (κ1) is 11.3. The summed E-state index contributed by atoms with van der Waals surface area (Å²) >= 11 is 0. The second kappa shape index (κ2) is 4.16. The molecule has 0 atom stereocenters. The molecule has 0 heterocycles. The highest BCUT2D eigenvalue weighted by Crippen LogP contribution is 2.22. The van der Waals surface area contributed by atoms with Crippen LogP contribution in [0.25, 0.3) is 0 Å². The summed E-state index contributed by atoms with van der Waals surface area (Å²) in [5.41, 5.74) is 0.0277. The van der Waals surface area contributed by atoms with Gasteiger partial charge in [0.25, 0.3) is 0 Å². The van der Waals surface area contributed by atoms with Crippen LogP contribution in [0.2, 0.25) is 0 Å². The van der Waals surface area contributed by atoms with Gasteiger partial charge in [0.2, 0.25) is 6.41 Å². The Balaban J connectivity index is 3.40. The molecule has 5 heteroatoms. The SMILES string of the molecule is CC(=O)c1cc(F)c(F)cc1N(C)C=O. The summed E-state index contributed by atoms with van der Waals surface area (Å²) in [6.45, 7) is 1.22. The summed E-state index contributed by atoms with van der Waals surface area (Å²) in [7, 11) is 1.35. The number of nitrogens with zero attached hydrogens (tertiary/aromatic N) is 1. The second-order valence-corrected chi connectivity index (χ2v) is 3.06. The number of rotatable bonds is 3. The van der Waals surface area contributed by atoms with Gasteiger partial charge in [-0.3, -0.25) is 9.59 Å². The predicted molar refractivity (Wildman–Crippen MR) is 50.8 cm³/mol. The van der Waals surface area contributed by atoms with E-state index in [1.54, 1.807) is 0 Å². The minimum atomic E-state index is -1.11. The zero-order valence-electron chi connectivity index (χ0n) is 8.25. The van der Waals surface area contributed by atoms with Crippen molar-refractivity contribution in [3.63, 3.8) is 0 Å². The van der Waals surface area contributed by atoms with E-state index in [1.165, 1.54) is 14.0 Å². The third kappa shape index (κ3) is 2.18. The molecule has 80 valence electrons. The maximum atomic E-state index is 12.9. The first-order chi connectivity index (χ1) is 6.97. The third-order valence-electron chi connectivity index (χ3n) is 1.96. The summed E-state index contributed by atoms with van der Waals surface area (Å²) in [6.07, 6.45) is 0.416. The number of benzene rings is 1. The van der Waals surface area contributed by atoms with Gasteiger partial charge in [0.15, 0.2) is 17.4 Å². The maximum Gasteiger partial charge on any atom is 0.213 e. The quantitative estimate of drug-likeness (QED) is 0.566. The van der Waals surface area contributed by atoms with Crippen LogP contribution < -0.4 is 4.90 Å². The molecule has 0 aliphatic rings. The molecule has 0 bridgehead atoms. The molecule has 1 aromatic rings. The van der Waals surface area contributed by atoms with Crippen molar-refractivity contribution >= 4 is 17.9 Å². The Kier molecular flexibility index (Phi) is 3.14. The van der Waals surface area contributed by atoms with E-state index in [0.717, 1.165) is 17.0 Å². The molecule has 0 aliphatic carbocycles. The largest absolute Gasteiger partial charge is 0.317 e. The van der Waals surface area contributed by atoms with Crippen LogP contribution in [0.15, 0.2) is 12.1 Å². The van der Waals surface area contributed by atoms with Crippen molar-refractivity contribution in [2.75, 3.05) is 11.9 Å². The van der Waals surface area contributed by atoms with E-state index in [0.29, 0.717) is 6.41 Å². The molecule has 1 rings (SSSR count). The van der Waals surface area contributed by atoms with Crippen molar-refractivity contribution < 1.29 is 18.4 Å². The number of hydrogen-bond donors (Lipinski definition) is 0. The van der Waals surface area contributed by atoms with Gasteiger partial charge in [-0.1, -0.05) is 0 Å². The fraction of sp³-hybridized carbons (Fsp3) is 0.200. The Bertz CT molecular complexity index is 418. The van der Waals surface area contributed by atoms with E-state index >= 15 is 0 Å². The minimum Gasteiger partial charge on any atom is -0.317 e. The van der Waals surface area contributed by atoms with Gasteiger partial charge in [-0.25, -0.2) is 8.78 Å². The maximum absolute atomic E-state index is 12.9. The monoisotopic (exact) mass is 213 g/mol. The zero-order chi connectivity index (χ0) is 11.6. The lowest BCUT2D eigenvalue weighted by Gasteiger charge is -2.14. The van der Waals surface area contributed by atoms with Gasteiger partial charge >= 0.3 is 0 Å². The summed E-state index contributed by atoms with van der Waals surface area (Å²) in [4.78, 5) is 22.6. The molecule has 15 heavy (non-hydrogen) atoms. The van der Waals surface area contributed by atoms with Gasteiger partial charge in [0.05, 0.1) is 5.69 Å². The average Bonchev–Trinajstić information content (AvgIpc) is 2.20. The van der Waals surface area contributed by atoms with Gasteiger partial charge in [-0.2, -0.15) is 0 Å². The summed E-state index contributed by atoms with van der Waals surface area (Å²) in [5.74, 6) is -2.63. The lowest BCUT2D eigenvalue weighted by Crippen LogP contribution is -2.17. The number of ketones is 1. The molecule has 0 N–H and O–H groups in total. The lowest BCUT2D eigenvalue weighted by atomic mass is 10.1. The molecule has 0 unspecified atom stereocenters. The molecule has 0 saturated heterocycles. The van der Waals surface area contributed by atoms with Crippen LogP contribution in [0.1, 0.15) is 17.3 Å². The molecular formula is C10H9F2NO2. The van der Waals surface area contributed by atoms with Crippen LogP contribution in [0.3, 0.4) is 0 Å². The molecule has 0 spiro atoms. The fourth-order valence-electron chi connectivity index (χ4n) is 1.17. The summed E-state index contributed by atoms with van der Waals surface area (Å²) < 4.78 is 25.7. The Morgan fingerprint density at radius 3 is 2.33 bits per heavy atom. The van der Waals surface area contributed by atoms with Gasteiger partial charge in [0.1, 0.15) is 0 Å². The van der Waals surface area contributed by atoms with Crippen molar-refractivity contribution in [1.82, 2.24) is 0 Å². The fourth-order valence-corrected chi connectivity index (χ4v) is 1.17. The molecule has 0 saturated carbocycles. The van der Waals surface area contributed by atoms with Gasteiger partial charge < -0.3 is 4.90 Å². The third-order valence-corrected chi connectivity index (χ3v) is 1.96. The first-order valence-electron chi connectivity index (χ1n) is 4.15. The van der Waals surface area contributed by atoms with Gasteiger partial charge in [-0.05, 0) is 13.0 Å². The normalized spacial score (nSPS) is 9.87. The van der Waals surface area contributed by atoms with E-state index in [1.807, 2.05) is 0 Å². The van der Waals surface area contributed by atoms with E-state index in [-0.39, 0.29) is 11.3 Å². The molecule has 3 nitrogen and oxygen atoms in total. The zero-order valence-corrected chi connectivity index (χ0v) is 8.25. The second-order valence-electron chi connectivity index (χ2n) is 3.06. The minimum absolute atomic E-state index is 0.0245. The van der Waals surface area contributed by atoms with Crippen LogP contribution in [-0.4, -0.2) is 19.2 Å². The van der Waals surface area contributed by atoms with Crippen LogP contribution in [-0.2, 0) is 4.79 Å². The molecule has 0 aliphatic heterocycles. The molecule has 0 radical (unpaired) electrons. The highest BCUT2D eigenvalue weighted by atomic mass is 19.2. The van der Waals surface area contributed by atoms with Crippen LogP contribution in [0.4, 0.5) is 14.5 Å². The smallest absolute Gasteiger partial charge is 0.213 e. The van der Waals surface area contributed by atoms with E-state index in [9.17, 15) is 18.4 Å². The number of hydrogen-bond acceptors (Lipinski definition) is 2. The number of Topliss-reactive ketones (excluding diaryl/α,β-unsaturated/α-hetero) is 1. The summed E-state index contributed by atoms with van der Waals surface area (Å²) in [5, 5.41) is 0. The van der Waals surface area contributed by atoms with Gasteiger partial charge in [-0.15, -0.1) is 0 Å². The van der Waals surface area contributed by atoms with Crippen molar-refractivity contribution in [2.45, 2.75) is 6.92 Å². The highest BCUT2D eigenvalue weighted by Gasteiger charge is 2.15. The highest BCUT2D eigenvalue weighted by molar-refractivity contribution is 6.01. The lowest BCUT2D eigenvalue weighted by molar-refractivity contribution is -0.107. The van der Waals surface area contributed by atoms with E-state index in [2.05, 4.69) is 0 Å². The molecule has 0 fully saturated rings. The van der Waals surface area contributed by atoms with Crippen molar-refractivity contribution in [1.29, 1.82) is 0 Å². The number of carbonyl (C=O) groups is 2. The Labute approximate surface area is 85.3 Å². The predicted octanol–water partition coefficient (Wildman–Crippen LogP) is 1.76. The Hall–Kier alpha value is -1.78. The summed E-state index contributed by atoms with van der Waals surface area (Å²) in [6, 6.07) is 1.60. The topological polar surface area (TPSA) is 37.4 Å². The van der Waals surface area contributed by atoms with Crippen molar-refractivity contribution in [2.24, 2.45) is 0 Å². The number of amides is 1. The van der Waals surface area contributed by atoms with Crippen LogP contribution in [0, 0.1) is 11.6 Å². The standard InChI is InChI=1S/C10H9F2NO2/c1-6(15)7-3-8(11)9(12)4-10(7)13(2)5-14/h3-5H,1-2H3. The van der Waals surface area contributed by atoms with E-state index in [4.69, 9.17) is 0 Å². The number of anilines is 1. The average molecular weight is 213 g/mol. The van der Waals surface area contributed by atoms with Crippen LogP contribution >= 0.6 is 0 Å². The Morgan fingerprint density at radius 2 is 1.87 bits per heavy atom. The van der Waals surface area contributed by atoms with Crippen molar-refractivity contribution in [3.8, 4) is 0 Å². The van der Waals surface area contributed by atoms with Crippen molar-refractivity contribution in [3.05, 3.63) is 29.3 Å². The molecular weight excluding hydrogens is 204 g/mol. The molecule has 1 amide bonds. The molecule has 1 aromatic carbocycles.